The van der Waals surface area contributed by atoms with Crippen molar-refractivity contribution in [1.29, 1.82) is 0 Å². The average Bonchev–Trinajstić information content (AvgIpc) is 2.61. The average molecular weight is 398 g/mol. The first-order valence-corrected chi connectivity index (χ1v) is 9.69. The van der Waals surface area contributed by atoms with Gasteiger partial charge in [0.25, 0.3) is 0 Å². The summed E-state index contributed by atoms with van der Waals surface area (Å²) in [5, 5.41) is 0. The molecule has 0 bridgehead atoms. The number of sulfonamides is 1. The molecule has 144 valence electrons. The van der Waals surface area contributed by atoms with E-state index in [1.165, 1.54) is 23.1 Å². The number of halogens is 3. The summed E-state index contributed by atoms with van der Waals surface area (Å²) in [6.07, 6.45) is -0.00749. The van der Waals surface area contributed by atoms with Crippen molar-refractivity contribution in [3.05, 3.63) is 65.5 Å². The van der Waals surface area contributed by atoms with Gasteiger partial charge in [-0.2, -0.15) is 4.31 Å². The molecule has 1 amide bonds. The van der Waals surface area contributed by atoms with E-state index in [2.05, 4.69) is 0 Å². The molecule has 2 aromatic rings. The van der Waals surface area contributed by atoms with Crippen LogP contribution >= 0.6 is 0 Å². The van der Waals surface area contributed by atoms with E-state index in [9.17, 15) is 26.4 Å². The summed E-state index contributed by atoms with van der Waals surface area (Å²) in [7, 11) is -4.34. The summed E-state index contributed by atoms with van der Waals surface area (Å²) >= 11 is 0. The van der Waals surface area contributed by atoms with Gasteiger partial charge in [0, 0.05) is 26.2 Å². The second-order valence-corrected chi connectivity index (χ2v) is 8.02. The van der Waals surface area contributed by atoms with E-state index in [4.69, 9.17) is 0 Å². The van der Waals surface area contributed by atoms with E-state index in [0.717, 1.165) is 22.5 Å². The van der Waals surface area contributed by atoms with Gasteiger partial charge < -0.3 is 4.90 Å². The van der Waals surface area contributed by atoms with Gasteiger partial charge in [-0.1, -0.05) is 18.2 Å². The Labute approximate surface area is 155 Å². The number of rotatable bonds is 4. The van der Waals surface area contributed by atoms with E-state index in [-0.39, 0.29) is 38.5 Å². The monoisotopic (exact) mass is 398 g/mol. The SMILES string of the molecule is O=C(Cc1cccc(F)c1)N1CCN(S(=O)(=O)c2c(F)cccc2F)CC1. The summed E-state index contributed by atoms with van der Waals surface area (Å²) in [6.45, 7) is 0.0168. The normalized spacial score (nSPS) is 15.7. The van der Waals surface area contributed by atoms with Crippen molar-refractivity contribution < 1.29 is 26.4 Å². The Morgan fingerprint density at radius 1 is 0.926 bits per heavy atom. The number of hydrogen-bond donors (Lipinski definition) is 0. The number of piperazine rings is 1. The summed E-state index contributed by atoms with van der Waals surface area (Å²) < 4.78 is 66.9. The van der Waals surface area contributed by atoms with Gasteiger partial charge in [-0.05, 0) is 29.8 Å². The van der Waals surface area contributed by atoms with E-state index in [1.807, 2.05) is 0 Å². The number of benzene rings is 2. The highest BCUT2D eigenvalue weighted by Crippen LogP contribution is 2.23. The lowest BCUT2D eigenvalue weighted by Gasteiger charge is -2.34. The fourth-order valence-corrected chi connectivity index (χ4v) is 4.50. The topological polar surface area (TPSA) is 57.7 Å². The van der Waals surface area contributed by atoms with Crippen LogP contribution in [-0.4, -0.2) is 49.7 Å². The van der Waals surface area contributed by atoms with Crippen molar-refractivity contribution in [3.63, 3.8) is 0 Å². The lowest BCUT2D eigenvalue weighted by Crippen LogP contribution is -2.51. The molecule has 1 aliphatic rings. The molecule has 2 aromatic carbocycles. The molecule has 5 nitrogen and oxygen atoms in total. The predicted molar refractivity (Wildman–Crippen MR) is 91.8 cm³/mol. The Kier molecular flexibility index (Phi) is 5.52. The maximum atomic E-state index is 13.8. The number of carbonyl (C=O) groups is 1. The molecule has 0 radical (unpaired) electrons. The zero-order chi connectivity index (χ0) is 19.6. The third-order valence-electron chi connectivity index (χ3n) is 4.35. The first-order valence-electron chi connectivity index (χ1n) is 8.25. The zero-order valence-corrected chi connectivity index (χ0v) is 15.1. The Hall–Kier alpha value is -2.39. The predicted octanol–water partition coefficient (Wildman–Crippen LogP) is 2.18. The Bertz CT molecular complexity index is 938. The summed E-state index contributed by atoms with van der Waals surface area (Å²) in [6, 6.07) is 8.53. The van der Waals surface area contributed by atoms with Crippen LogP contribution < -0.4 is 0 Å². The highest BCUT2D eigenvalue weighted by Gasteiger charge is 2.34. The first-order chi connectivity index (χ1) is 12.8. The van der Waals surface area contributed by atoms with Crippen molar-refractivity contribution in [2.75, 3.05) is 26.2 Å². The lowest BCUT2D eigenvalue weighted by atomic mass is 10.1. The van der Waals surface area contributed by atoms with Crippen LogP contribution in [0.1, 0.15) is 5.56 Å². The van der Waals surface area contributed by atoms with Gasteiger partial charge in [-0.25, -0.2) is 21.6 Å². The highest BCUT2D eigenvalue weighted by molar-refractivity contribution is 7.89. The number of carbonyl (C=O) groups excluding carboxylic acids is 1. The first kappa shape index (κ1) is 19.4. The fourth-order valence-electron chi connectivity index (χ4n) is 2.97. The van der Waals surface area contributed by atoms with Gasteiger partial charge in [0.15, 0.2) is 4.90 Å². The molecule has 1 fully saturated rings. The minimum absolute atomic E-state index is 0.00749. The van der Waals surface area contributed by atoms with Crippen molar-refractivity contribution >= 4 is 15.9 Å². The summed E-state index contributed by atoms with van der Waals surface area (Å²) in [5.41, 5.74) is 0.517. The van der Waals surface area contributed by atoms with Crippen LogP contribution in [0.25, 0.3) is 0 Å². The van der Waals surface area contributed by atoms with Gasteiger partial charge in [-0.3, -0.25) is 4.79 Å². The standard InChI is InChI=1S/C18H17F3N2O3S/c19-14-4-1-3-13(11-14)12-17(24)22-7-9-23(10-8-22)27(25,26)18-15(20)5-2-6-16(18)21/h1-6,11H,7-10,12H2. The van der Waals surface area contributed by atoms with Crippen molar-refractivity contribution in [2.45, 2.75) is 11.3 Å². The lowest BCUT2D eigenvalue weighted by molar-refractivity contribution is -0.131. The van der Waals surface area contributed by atoms with Gasteiger partial charge in [-0.15, -0.1) is 0 Å². The van der Waals surface area contributed by atoms with Crippen LogP contribution in [0.4, 0.5) is 13.2 Å². The minimum Gasteiger partial charge on any atom is -0.340 e. The molecule has 0 N–H and O–H groups in total. The van der Waals surface area contributed by atoms with E-state index in [1.54, 1.807) is 6.07 Å². The quantitative estimate of drug-likeness (QED) is 0.793. The van der Waals surface area contributed by atoms with Crippen LogP contribution in [-0.2, 0) is 21.2 Å². The molecule has 9 heteroatoms. The van der Waals surface area contributed by atoms with Crippen molar-refractivity contribution in [2.24, 2.45) is 0 Å². The molecular weight excluding hydrogens is 381 g/mol. The molecule has 1 saturated heterocycles. The molecule has 0 atom stereocenters. The van der Waals surface area contributed by atoms with Crippen LogP contribution in [0.5, 0.6) is 0 Å². The van der Waals surface area contributed by atoms with Crippen LogP contribution in [0.3, 0.4) is 0 Å². The van der Waals surface area contributed by atoms with E-state index >= 15 is 0 Å². The molecular formula is C18H17F3N2O3S. The molecule has 0 unspecified atom stereocenters. The fraction of sp³-hybridized carbons (Fsp3) is 0.278. The molecule has 27 heavy (non-hydrogen) atoms. The van der Waals surface area contributed by atoms with Crippen molar-refractivity contribution in [1.82, 2.24) is 9.21 Å². The highest BCUT2D eigenvalue weighted by atomic mass is 32.2. The van der Waals surface area contributed by atoms with Gasteiger partial charge >= 0.3 is 0 Å². The second-order valence-electron chi connectivity index (χ2n) is 6.14. The van der Waals surface area contributed by atoms with Gasteiger partial charge in [0.1, 0.15) is 17.5 Å². The largest absolute Gasteiger partial charge is 0.340 e. The number of hydrogen-bond acceptors (Lipinski definition) is 3. The summed E-state index contributed by atoms with van der Waals surface area (Å²) in [5.74, 6) is -3.02. The van der Waals surface area contributed by atoms with Crippen LogP contribution in [0.2, 0.25) is 0 Å². The molecule has 0 aliphatic carbocycles. The van der Waals surface area contributed by atoms with Gasteiger partial charge in [0.2, 0.25) is 15.9 Å². The number of nitrogens with zero attached hydrogens (tertiary/aromatic N) is 2. The third-order valence-corrected chi connectivity index (χ3v) is 6.30. The molecule has 1 aliphatic heterocycles. The smallest absolute Gasteiger partial charge is 0.249 e. The summed E-state index contributed by atoms with van der Waals surface area (Å²) in [4.78, 5) is 12.8. The minimum atomic E-state index is -4.34. The second kappa shape index (κ2) is 7.69. The molecule has 1 heterocycles. The van der Waals surface area contributed by atoms with Crippen molar-refractivity contribution in [3.8, 4) is 0 Å². The van der Waals surface area contributed by atoms with E-state index < -0.39 is 32.4 Å². The molecule has 3 rings (SSSR count). The van der Waals surface area contributed by atoms with Gasteiger partial charge in [0.05, 0.1) is 6.42 Å². The van der Waals surface area contributed by atoms with Crippen LogP contribution in [0, 0.1) is 17.5 Å². The molecule has 0 spiro atoms. The molecule has 0 saturated carbocycles. The maximum Gasteiger partial charge on any atom is 0.249 e. The third kappa shape index (κ3) is 4.14. The van der Waals surface area contributed by atoms with E-state index in [0.29, 0.717) is 5.56 Å². The zero-order valence-electron chi connectivity index (χ0n) is 14.2. The Balaban J connectivity index is 1.67. The Morgan fingerprint density at radius 3 is 2.11 bits per heavy atom. The molecule has 0 aromatic heterocycles. The maximum absolute atomic E-state index is 13.8. The number of amides is 1. The van der Waals surface area contributed by atoms with Crippen LogP contribution in [0.15, 0.2) is 47.4 Å². The Morgan fingerprint density at radius 2 is 1.52 bits per heavy atom.